The van der Waals surface area contributed by atoms with Crippen molar-refractivity contribution in [1.29, 1.82) is 0 Å². The first-order valence-electron chi connectivity index (χ1n) is 4.83. The van der Waals surface area contributed by atoms with Crippen molar-refractivity contribution >= 4 is 27.5 Å². The topological polar surface area (TPSA) is 43.6 Å². The normalized spacial score (nSPS) is 11.1. The SMILES string of the molecule is CC(C)c1nnnn1-c1ccc(Cl)cc1Br. The number of rotatable bonds is 2. The monoisotopic (exact) mass is 300 g/mol. The molecule has 0 bridgehead atoms. The quantitative estimate of drug-likeness (QED) is 0.855. The lowest BCUT2D eigenvalue weighted by atomic mass is 10.2. The van der Waals surface area contributed by atoms with Crippen LogP contribution >= 0.6 is 27.5 Å². The van der Waals surface area contributed by atoms with E-state index in [1.807, 2.05) is 32.0 Å². The van der Waals surface area contributed by atoms with Crippen molar-refractivity contribution in [2.24, 2.45) is 0 Å². The molecule has 0 saturated carbocycles. The Morgan fingerprint density at radius 2 is 2.12 bits per heavy atom. The van der Waals surface area contributed by atoms with Gasteiger partial charge in [-0.25, -0.2) is 0 Å². The molecular formula is C10H10BrClN4. The van der Waals surface area contributed by atoms with Crippen LogP contribution in [0.2, 0.25) is 5.02 Å². The molecule has 0 amide bonds. The lowest BCUT2D eigenvalue weighted by Crippen LogP contribution is -2.05. The van der Waals surface area contributed by atoms with E-state index in [0.717, 1.165) is 16.0 Å². The summed E-state index contributed by atoms with van der Waals surface area (Å²) in [5, 5.41) is 12.4. The smallest absolute Gasteiger partial charge is 0.159 e. The first-order valence-corrected chi connectivity index (χ1v) is 6.00. The molecule has 0 unspecified atom stereocenters. The average Bonchev–Trinajstić information content (AvgIpc) is 2.66. The van der Waals surface area contributed by atoms with E-state index in [1.54, 1.807) is 4.68 Å². The Bertz CT molecular complexity index is 509. The van der Waals surface area contributed by atoms with Crippen LogP contribution in [0.15, 0.2) is 22.7 Å². The van der Waals surface area contributed by atoms with Crippen molar-refractivity contribution in [2.45, 2.75) is 19.8 Å². The molecule has 2 aromatic rings. The van der Waals surface area contributed by atoms with Crippen LogP contribution in [0.1, 0.15) is 25.6 Å². The molecule has 0 aliphatic heterocycles. The van der Waals surface area contributed by atoms with Crippen molar-refractivity contribution in [3.05, 3.63) is 33.5 Å². The largest absolute Gasteiger partial charge is 0.196 e. The molecule has 0 N–H and O–H groups in total. The molecule has 16 heavy (non-hydrogen) atoms. The van der Waals surface area contributed by atoms with Gasteiger partial charge < -0.3 is 0 Å². The van der Waals surface area contributed by atoms with Crippen LogP contribution in [-0.4, -0.2) is 20.2 Å². The van der Waals surface area contributed by atoms with E-state index < -0.39 is 0 Å². The molecule has 1 heterocycles. The molecule has 0 aliphatic carbocycles. The summed E-state index contributed by atoms with van der Waals surface area (Å²) in [6, 6.07) is 5.52. The van der Waals surface area contributed by atoms with Crippen molar-refractivity contribution in [1.82, 2.24) is 20.2 Å². The summed E-state index contributed by atoms with van der Waals surface area (Å²) in [6.07, 6.45) is 0. The van der Waals surface area contributed by atoms with Gasteiger partial charge in [-0.05, 0) is 44.6 Å². The molecule has 0 atom stereocenters. The number of hydrogen-bond acceptors (Lipinski definition) is 3. The summed E-state index contributed by atoms with van der Waals surface area (Å²) in [6.45, 7) is 4.10. The standard InChI is InChI=1S/C10H10BrClN4/c1-6(2)10-13-14-15-16(10)9-4-3-7(12)5-8(9)11/h3-6H,1-2H3. The predicted molar refractivity (Wildman–Crippen MR) is 66.0 cm³/mol. The molecule has 2 rings (SSSR count). The van der Waals surface area contributed by atoms with Crippen LogP contribution in [0.3, 0.4) is 0 Å². The van der Waals surface area contributed by atoms with Crippen LogP contribution in [0.4, 0.5) is 0 Å². The number of tetrazole rings is 1. The summed E-state index contributed by atoms with van der Waals surface area (Å²) in [7, 11) is 0. The summed E-state index contributed by atoms with van der Waals surface area (Å²) in [5.74, 6) is 1.08. The molecule has 0 radical (unpaired) electrons. The average molecular weight is 302 g/mol. The number of nitrogens with zero attached hydrogens (tertiary/aromatic N) is 4. The Morgan fingerprint density at radius 1 is 1.38 bits per heavy atom. The zero-order valence-corrected chi connectivity index (χ0v) is 11.2. The highest BCUT2D eigenvalue weighted by Gasteiger charge is 2.13. The Balaban J connectivity index is 2.54. The van der Waals surface area contributed by atoms with Gasteiger partial charge in [0.15, 0.2) is 5.82 Å². The summed E-state index contributed by atoms with van der Waals surface area (Å²) in [5.41, 5.74) is 0.887. The third-order valence-corrected chi connectivity index (χ3v) is 3.02. The second-order valence-electron chi connectivity index (χ2n) is 3.70. The fraction of sp³-hybridized carbons (Fsp3) is 0.300. The number of hydrogen-bond donors (Lipinski definition) is 0. The fourth-order valence-corrected chi connectivity index (χ4v) is 2.23. The van der Waals surface area contributed by atoms with Gasteiger partial charge in [0, 0.05) is 15.4 Å². The molecule has 0 fully saturated rings. The zero-order chi connectivity index (χ0) is 11.7. The van der Waals surface area contributed by atoms with Crippen LogP contribution in [0.5, 0.6) is 0 Å². The minimum Gasteiger partial charge on any atom is -0.196 e. The summed E-state index contributed by atoms with van der Waals surface area (Å²) < 4.78 is 2.58. The Kier molecular flexibility index (Phi) is 3.25. The predicted octanol–water partition coefficient (Wildman–Crippen LogP) is 3.20. The lowest BCUT2D eigenvalue weighted by Gasteiger charge is -2.08. The third kappa shape index (κ3) is 2.10. The van der Waals surface area contributed by atoms with Crippen LogP contribution in [0.25, 0.3) is 5.69 Å². The van der Waals surface area contributed by atoms with E-state index in [2.05, 4.69) is 31.5 Å². The maximum atomic E-state index is 5.89. The number of halogens is 2. The molecule has 0 aliphatic rings. The van der Waals surface area contributed by atoms with E-state index in [-0.39, 0.29) is 5.92 Å². The number of benzene rings is 1. The van der Waals surface area contributed by atoms with E-state index >= 15 is 0 Å². The minimum atomic E-state index is 0.262. The van der Waals surface area contributed by atoms with Crippen LogP contribution in [0, 0.1) is 0 Å². The second-order valence-corrected chi connectivity index (χ2v) is 4.99. The van der Waals surface area contributed by atoms with Crippen molar-refractivity contribution in [2.75, 3.05) is 0 Å². The third-order valence-electron chi connectivity index (χ3n) is 2.15. The maximum Gasteiger partial charge on any atom is 0.159 e. The lowest BCUT2D eigenvalue weighted by molar-refractivity contribution is 0.708. The Labute approximate surface area is 107 Å². The van der Waals surface area contributed by atoms with Gasteiger partial charge in [0.2, 0.25) is 0 Å². The van der Waals surface area contributed by atoms with Gasteiger partial charge in [0.25, 0.3) is 0 Å². The molecule has 1 aromatic carbocycles. The molecule has 0 saturated heterocycles. The maximum absolute atomic E-state index is 5.89. The van der Waals surface area contributed by atoms with Gasteiger partial charge in [0.05, 0.1) is 5.69 Å². The highest BCUT2D eigenvalue weighted by molar-refractivity contribution is 9.10. The number of aromatic nitrogens is 4. The zero-order valence-electron chi connectivity index (χ0n) is 8.85. The van der Waals surface area contributed by atoms with Gasteiger partial charge in [-0.3, -0.25) is 0 Å². The van der Waals surface area contributed by atoms with Gasteiger partial charge in [-0.1, -0.05) is 25.4 Å². The summed E-state index contributed by atoms with van der Waals surface area (Å²) >= 11 is 9.34. The van der Waals surface area contributed by atoms with E-state index in [9.17, 15) is 0 Å². The Hall–Kier alpha value is -0.940. The molecule has 6 heteroatoms. The van der Waals surface area contributed by atoms with Gasteiger partial charge in [0.1, 0.15) is 0 Å². The first-order chi connectivity index (χ1) is 7.59. The van der Waals surface area contributed by atoms with E-state index in [4.69, 9.17) is 11.6 Å². The highest BCUT2D eigenvalue weighted by Crippen LogP contribution is 2.26. The van der Waals surface area contributed by atoms with Gasteiger partial charge in [-0.15, -0.1) is 5.10 Å². The molecule has 84 valence electrons. The van der Waals surface area contributed by atoms with Crippen LogP contribution in [-0.2, 0) is 0 Å². The van der Waals surface area contributed by atoms with E-state index in [0.29, 0.717) is 5.02 Å². The Morgan fingerprint density at radius 3 is 2.75 bits per heavy atom. The fourth-order valence-electron chi connectivity index (χ4n) is 1.38. The molecule has 1 aromatic heterocycles. The van der Waals surface area contributed by atoms with Gasteiger partial charge >= 0.3 is 0 Å². The van der Waals surface area contributed by atoms with Crippen molar-refractivity contribution < 1.29 is 0 Å². The molecule has 4 nitrogen and oxygen atoms in total. The van der Waals surface area contributed by atoms with Crippen LogP contribution < -0.4 is 0 Å². The first kappa shape index (κ1) is 11.5. The minimum absolute atomic E-state index is 0.262. The second kappa shape index (κ2) is 4.51. The molecular weight excluding hydrogens is 291 g/mol. The van der Waals surface area contributed by atoms with E-state index in [1.165, 1.54) is 0 Å². The highest BCUT2D eigenvalue weighted by atomic mass is 79.9. The summed E-state index contributed by atoms with van der Waals surface area (Å²) in [4.78, 5) is 0. The van der Waals surface area contributed by atoms with Crippen molar-refractivity contribution in [3.63, 3.8) is 0 Å². The van der Waals surface area contributed by atoms with Gasteiger partial charge in [-0.2, -0.15) is 4.68 Å². The van der Waals surface area contributed by atoms with Crippen molar-refractivity contribution in [3.8, 4) is 5.69 Å². The molecule has 0 spiro atoms.